The zero-order chi connectivity index (χ0) is 12.1. The van der Waals surface area contributed by atoms with Gasteiger partial charge in [-0.2, -0.15) is 0 Å². The Balaban J connectivity index is 2.20. The van der Waals surface area contributed by atoms with Crippen molar-refractivity contribution in [1.29, 1.82) is 0 Å². The Labute approximate surface area is 92.6 Å². The molecule has 90 valence electrons. The van der Waals surface area contributed by atoms with Crippen LogP contribution >= 0.6 is 0 Å². The number of carbonyl (C=O) groups is 3. The molecule has 1 saturated heterocycles. The minimum atomic E-state index is -1.09. The molecule has 1 rings (SSSR count). The summed E-state index contributed by atoms with van der Waals surface area (Å²) in [6.07, 6.45) is 1.16. The molecule has 0 aliphatic carbocycles. The van der Waals surface area contributed by atoms with Crippen molar-refractivity contribution in [3.8, 4) is 0 Å². The number of hydrogen-bond acceptors (Lipinski definition) is 3. The van der Waals surface area contributed by atoms with Gasteiger partial charge >= 0.3 is 12.0 Å². The zero-order valence-corrected chi connectivity index (χ0v) is 8.95. The monoisotopic (exact) mass is 229 g/mol. The van der Waals surface area contributed by atoms with Crippen LogP contribution in [-0.4, -0.2) is 41.6 Å². The van der Waals surface area contributed by atoms with Crippen molar-refractivity contribution in [1.82, 2.24) is 16.0 Å². The third-order valence-corrected chi connectivity index (χ3v) is 2.31. The van der Waals surface area contributed by atoms with E-state index >= 15 is 0 Å². The average molecular weight is 229 g/mol. The van der Waals surface area contributed by atoms with Crippen molar-refractivity contribution in [3.63, 3.8) is 0 Å². The maximum Gasteiger partial charge on any atom is 0.325 e. The zero-order valence-electron chi connectivity index (χ0n) is 8.95. The quantitative estimate of drug-likeness (QED) is 0.497. The van der Waals surface area contributed by atoms with Gasteiger partial charge in [-0.05, 0) is 13.3 Å². The van der Waals surface area contributed by atoms with Crippen molar-refractivity contribution < 1.29 is 19.5 Å². The highest BCUT2D eigenvalue weighted by Crippen LogP contribution is 2.04. The molecule has 0 aromatic heterocycles. The summed E-state index contributed by atoms with van der Waals surface area (Å²) in [6, 6.07) is -1.53. The summed E-state index contributed by atoms with van der Waals surface area (Å²) in [7, 11) is 0. The third-order valence-electron chi connectivity index (χ3n) is 2.31. The maximum absolute atomic E-state index is 11.2. The Morgan fingerprint density at radius 1 is 1.62 bits per heavy atom. The Kier molecular flexibility index (Phi) is 4.10. The molecule has 1 aliphatic rings. The van der Waals surface area contributed by atoms with E-state index in [9.17, 15) is 14.4 Å². The maximum atomic E-state index is 11.2. The van der Waals surface area contributed by atoms with E-state index < -0.39 is 18.0 Å². The molecule has 7 nitrogen and oxygen atoms in total. The van der Waals surface area contributed by atoms with Crippen molar-refractivity contribution in [2.75, 3.05) is 6.54 Å². The van der Waals surface area contributed by atoms with E-state index in [4.69, 9.17) is 5.11 Å². The molecule has 0 aromatic rings. The van der Waals surface area contributed by atoms with Crippen molar-refractivity contribution >= 4 is 17.9 Å². The molecule has 0 spiro atoms. The van der Waals surface area contributed by atoms with Crippen molar-refractivity contribution in [3.05, 3.63) is 0 Å². The number of amides is 3. The highest BCUT2D eigenvalue weighted by atomic mass is 16.4. The van der Waals surface area contributed by atoms with Crippen molar-refractivity contribution in [2.45, 2.75) is 31.8 Å². The van der Waals surface area contributed by atoms with E-state index in [0.717, 1.165) is 0 Å². The fourth-order valence-electron chi connectivity index (χ4n) is 1.36. The minimum Gasteiger partial charge on any atom is -0.480 e. The number of carboxylic acids is 1. The van der Waals surface area contributed by atoms with Crippen LogP contribution in [0.4, 0.5) is 4.79 Å². The van der Waals surface area contributed by atoms with Crippen molar-refractivity contribution in [2.24, 2.45) is 0 Å². The smallest absolute Gasteiger partial charge is 0.325 e. The van der Waals surface area contributed by atoms with Gasteiger partial charge in [0.15, 0.2) is 0 Å². The van der Waals surface area contributed by atoms with Crippen LogP contribution in [0.25, 0.3) is 0 Å². The second-order valence-corrected chi connectivity index (χ2v) is 3.72. The van der Waals surface area contributed by atoms with Gasteiger partial charge < -0.3 is 21.1 Å². The van der Waals surface area contributed by atoms with E-state index in [1.807, 2.05) is 0 Å². The fourth-order valence-corrected chi connectivity index (χ4v) is 1.36. The summed E-state index contributed by atoms with van der Waals surface area (Å²) in [5.74, 6) is -1.12. The molecule has 4 N–H and O–H groups in total. The molecule has 7 heteroatoms. The van der Waals surface area contributed by atoms with Gasteiger partial charge in [0.25, 0.3) is 0 Å². The number of carbonyl (C=O) groups excluding carboxylic acids is 2. The lowest BCUT2D eigenvalue weighted by Gasteiger charge is -2.13. The first-order chi connectivity index (χ1) is 7.49. The Morgan fingerprint density at radius 2 is 2.31 bits per heavy atom. The van der Waals surface area contributed by atoms with Crippen LogP contribution in [0.2, 0.25) is 0 Å². The fraction of sp³-hybridized carbons (Fsp3) is 0.667. The van der Waals surface area contributed by atoms with Gasteiger partial charge in [0.2, 0.25) is 5.91 Å². The van der Waals surface area contributed by atoms with Crippen LogP contribution < -0.4 is 16.0 Å². The molecule has 16 heavy (non-hydrogen) atoms. The number of aliphatic carboxylic acids is 1. The normalized spacial score (nSPS) is 21.1. The topological polar surface area (TPSA) is 108 Å². The highest BCUT2D eigenvalue weighted by Gasteiger charge is 2.21. The largest absolute Gasteiger partial charge is 0.480 e. The van der Waals surface area contributed by atoms with Crippen LogP contribution in [0.1, 0.15) is 19.8 Å². The van der Waals surface area contributed by atoms with Gasteiger partial charge in [0.1, 0.15) is 6.04 Å². The molecule has 1 heterocycles. The third kappa shape index (κ3) is 3.76. The Hall–Kier alpha value is -1.79. The van der Waals surface area contributed by atoms with Gasteiger partial charge in [0, 0.05) is 19.0 Å². The SMILES string of the molecule is C[C@H](NC(=O)NCC1CCC(=O)N1)C(=O)O. The Morgan fingerprint density at radius 3 is 2.81 bits per heavy atom. The van der Waals surface area contributed by atoms with Crippen LogP contribution in [0.15, 0.2) is 0 Å². The van der Waals surface area contributed by atoms with Gasteiger partial charge in [-0.25, -0.2) is 4.79 Å². The summed E-state index contributed by atoms with van der Waals surface area (Å²) in [5.41, 5.74) is 0. The first-order valence-electron chi connectivity index (χ1n) is 5.05. The summed E-state index contributed by atoms with van der Waals surface area (Å²) >= 11 is 0. The first kappa shape index (κ1) is 12.3. The van der Waals surface area contributed by atoms with Gasteiger partial charge in [-0.1, -0.05) is 0 Å². The number of carboxylic acid groups (broad SMARTS) is 1. The van der Waals surface area contributed by atoms with Crippen LogP contribution in [0.5, 0.6) is 0 Å². The second kappa shape index (κ2) is 5.34. The predicted molar refractivity (Wildman–Crippen MR) is 54.8 cm³/mol. The molecule has 0 radical (unpaired) electrons. The lowest BCUT2D eigenvalue weighted by Crippen LogP contribution is -2.47. The Bertz CT molecular complexity index is 305. The molecule has 0 aromatic carbocycles. The van der Waals surface area contributed by atoms with E-state index in [0.29, 0.717) is 19.4 Å². The average Bonchev–Trinajstić information content (AvgIpc) is 2.61. The van der Waals surface area contributed by atoms with Gasteiger partial charge in [-0.15, -0.1) is 0 Å². The van der Waals surface area contributed by atoms with Crippen LogP contribution in [0, 0.1) is 0 Å². The van der Waals surface area contributed by atoms with Gasteiger partial charge in [0.05, 0.1) is 0 Å². The molecule has 0 bridgehead atoms. The van der Waals surface area contributed by atoms with E-state index in [-0.39, 0.29) is 11.9 Å². The summed E-state index contributed by atoms with van der Waals surface area (Å²) in [5, 5.41) is 16.0. The summed E-state index contributed by atoms with van der Waals surface area (Å²) < 4.78 is 0. The number of hydrogen-bond donors (Lipinski definition) is 4. The number of rotatable bonds is 4. The predicted octanol–water partition coefficient (Wildman–Crippen LogP) is -0.963. The molecular formula is C9H15N3O4. The number of urea groups is 1. The molecule has 3 amide bonds. The van der Waals surface area contributed by atoms with Crippen LogP contribution in [0.3, 0.4) is 0 Å². The minimum absolute atomic E-state index is 0.0221. The molecule has 2 atom stereocenters. The lowest BCUT2D eigenvalue weighted by molar-refractivity contribution is -0.138. The van der Waals surface area contributed by atoms with Gasteiger partial charge in [-0.3, -0.25) is 9.59 Å². The summed E-state index contributed by atoms with van der Waals surface area (Å²) in [6.45, 7) is 1.68. The second-order valence-electron chi connectivity index (χ2n) is 3.72. The van der Waals surface area contributed by atoms with E-state index in [1.54, 1.807) is 0 Å². The molecule has 1 fully saturated rings. The molecule has 1 unspecified atom stereocenters. The first-order valence-corrected chi connectivity index (χ1v) is 5.05. The standard InChI is InChI=1S/C9H15N3O4/c1-5(8(14)15)11-9(16)10-4-6-2-3-7(13)12-6/h5-6H,2-4H2,1H3,(H,12,13)(H,14,15)(H2,10,11,16)/t5-,6?/m0/s1. The highest BCUT2D eigenvalue weighted by molar-refractivity contribution is 5.82. The molecule has 0 saturated carbocycles. The van der Waals surface area contributed by atoms with Crippen LogP contribution in [-0.2, 0) is 9.59 Å². The van der Waals surface area contributed by atoms with E-state index in [1.165, 1.54) is 6.92 Å². The molecule has 1 aliphatic heterocycles. The molecular weight excluding hydrogens is 214 g/mol. The van der Waals surface area contributed by atoms with E-state index in [2.05, 4.69) is 16.0 Å². The summed E-state index contributed by atoms with van der Waals surface area (Å²) in [4.78, 5) is 32.5. The number of nitrogens with one attached hydrogen (secondary N) is 3. The lowest BCUT2D eigenvalue weighted by atomic mass is 10.2.